The summed E-state index contributed by atoms with van der Waals surface area (Å²) in [5.41, 5.74) is 1.36. The summed E-state index contributed by atoms with van der Waals surface area (Å²) in [5, 5.41) is 4.89. The van der Waals surface area contributed by atoms with E-state index in [0.717, 1.165) is 12.0 Å². The van der Waals surface area contributed by atoms with E-state index >= 15 is 0 Å². The number of pyridine rings is 1. The zero-order chi connectivity index (χ0) is 16.9. The molecule has 2 heterocycles. The molecule has 0 saturated heterocycles. The molecule has 3 rings (SSSR count). The normalized spacial score (nSPS) is 11.9. The third-order valence-electron chi connectivity index (χ3n) is 3.70. The fraction of sp³-hybridized carbons (Fsp3) is 0.158. The van der Waals surface area contributed by atoms with Crippen molar-refractivity contribution < 1.29 is 4.79 Å². The smallest absolute Gasteiger partial charge is 0.261 e. The summed E-state index contributed by atoms with van der Waals surface area (Å²) < 4.78 is 0. The van der Waals surface area contributed by atoms with Crippen LogP contribution >= 0.6 is 11.3 Å². The van der Waals surface area contributed by atoms with Crippen molar-refractivity contribution in [2.45, 2.75) is 19.4 Å². The summed E-state index contributed by atoms with van der Waals surface area (Å²) in [5.74, 6) is -0.347. The van der Waals surface area contributed by atoms with Crippen LogP contribution in [0.1, 0.15) is 22.2 Å². The number of carbonyl (C=O) groups excluding carboxylic acids is 1. The van der Waals surface area contributed by atoms with Gasteiger partial charge in [-0.25, -0.2) is 0 Å². The first-order valence-corrected chi connectivity index (χ1v) is 8.63. The van der Waals surface area contributed by atoms with E-state index in [0.29, 0.717) is 5.69 Å². The Morgan fingerprint density at radius 2 is 1.92 bits per heavy atom. The average molecular weight is 338 g/mol. The van der Waals surface area contributed by atoms with E-state index in [4.69, 9.17) is 0 Å². The molecule has 0 aliphatic rings. The molecule has 1 aromatic carbocycles. The molecule has 2 aromatic heterocycles. The van der Waals surface area contributed by atoms with Gasteiger partial charge in [-0.2, -0.15) is 0 Å². The predicted octanol–water partition coefficient (Wildman–Crippen LogP) is 3.46. The number of aromatic amines is 1. The van der Waals surface area contributed by atoms with Gasteiger partial charge in [0.1, 0.15) is 5.56 Å². The number of carbonyl (C=O) groups is 1. The first-order valence-electron chi connectivity index (χ1n) is 7.75. The minimum Gasteiger partial charge on any atom is -0.349 e. The lowest BCUT2D eigenvalue weighted by Crippen LogP contribution is -2.36. The molecule has 1 amide bonds. The molecule has 0 fully saturated rings. The van der Waals surface area contributed by atoms with Crippen molar-refractivity contribution >= 4 is 17.2 Å². The third-order valence-corrected chi connectivity index (χ3v) is 4.60. The highest BCUT2D eigenvalue weighted by molar-refractivity contribution is 7.09. The second-order valence-corrected chi connectivity index (χ2v) is 6.67. The molecule has 0 bridgehead atoms. The van der Waals surface area contributed by atoms with Gasteiger partial charge in [-0.15, -0.1) is 11.3 Å². The highest BCUT2D eigenvalue weighted by Crippen LogP contribution is 2.15. The van der Waals surface area contributed by atoms with E-state index in [1.54, 1.807) is 23.5 Å². The van der Waals surface area contributed by atoms with Gasteiger partial charge in [0, 0.05) is 23.0 Å². The van der Waals surface area contributed by atoms with Crippen LogP contribution in [0, 0.1) is 0 Å². The maximum Gasteiger partial charge on any atom is 0.261 e. The van der Waals surface area contributed by atoms with Crippen LogP contribution in [0.3, 0.4) is 0 Å². The molecular formula is C19H18N2O2S. The van der Waals surface area contributed by atoms with Crippen LogP contribution in [0.4, 0.5) is 0 Å². The van der Waals surface area contributed by atoms with Gasteiger partial charge in [-0.1, -0.05) is 36.4 Å². The lowest BCUT2D eigenvalue weighted by molar-refractivity contribution is 0.0938. The molecule has 4 nitrogen and oxygen atoms in total. The summed E-state index contributed by atoms with van der Waals surface area (Å²) in [7, 11) is 0. The molecule has 0 radical (unpaired) electrons. The number of aromatic nitrogens is 1. The third kappa shape index (κ3) is 3.81. The minimum atomic E-state index is -0.378. The molecular weight excluding hydrogens is 320 g/mol. The molecule has 0 spiro atoms. The average Bonchev–Trinajstić information content (AvgIpc) is 3.08. The molecule has 2 N–H and O–H groups in total. The van der Waals surface area contributed by atoms with Crippen LogP contribution in [0.2, 0.25) is 0 Å². The fourth-order valence-electron chi connectivity index (χ4n) is 2.52. The Morgan fingerprint density at radius 3 is 2.58 bits per heavy atom. The Morgan fingerprint density at radius 1 is 1.12 bits per heavy atom. The van der Waals surface area contributed by atoms with Crippen molar-refractivity contribution in [2.24, 2.45) is 0 Å². The van der Waals surface area contributed by atoms with Crippen LogP contribution < -0.4 is 10.9 Å². The molecule has 0 saturated carbocycles. The Balaban J connectivity index is 1.72. The molecule has 3 aromatic rings. The number of hydrogen-bond acceptors (Lipinski definition) is 3. The Labute approximate surface area is 144 Å². The van der Waals surface area contributed by atoms with E-state index in [1.807, 2.05) is 54.8 Å². The highest BCUT2D eigenvalue weighted by atomic mass is 32.1. The Bertz CT molecular complexity index is 870. The summed E-state index contributed by atoms with van der Waals surface area (Å²) in [4.78, 5) is 28.5. The van der Waals surface area contributed by atoms with Crippen molar-refractivity contribution in [1.29, 1.82) is 0 Å². The number of H-pyrrole nitrogens is 1. The van der Waals surface area contributed by atoms with E-state index in [1.165, 1.54) is 4.88 Å². The standard InChI is InChI=1S/C19H18N2O2S/c1-13(12-15-8-5-11-24-15)20-18(22)16-9-10-17(21-19(16)23)14-6-3-2-4-7-14/h2-11,13H,12H2,1H3,(H,20,22)(H,21,23)/t13-/m0/s1. The molecule has 0 unspecified atom stereocenters. The van der Waals surface area contributed by atoms with Crippen molar-refractivity contribution in [3.05, 3.63) is 80.8 Å². The summed E-state index contributed by atoms with van der Waals surface area (Å²) in [6.45, 7) is 1.93. The number of hydrogen-bond donors (Lipinski definition) is 2. The quantitative estimate of drug-likeness (QED) is 0.748. The zero-order valence-electron chi connectivity index (χ0n) is 13.3. The lowest BCUT2D eigenvalue weighted by Gasteiger charge is -2.13. The second kappa shape index (κ2) is 7.27. The Hall–Kier alpha value is -2.66. The molecule has 5 heteroatoms. The van der Waals surface area contributed by atoms with Crippen LogP contribution in [0.5, 0.6) is 0 Å². The molecule has 1 atom stereocenters. The van der Waals surface area contributed by atoms with Gasteiger partial charge in [-0.05, 0) is 36.1 Å². The SMILES string of the molecule is C[C@@H](Cc1cccs1)NC(=O)c1ccc(-c2ccccc2)[nH]c1=O. The number of thiophene rings is 1. The van der Waals surface area contributed by atoms with E-state index in [-0.39, 0.29) is 23.1 Å². The minimum absolute atomic E-state index is 0.0376. The number of nitrogens with one attached hydrogen (secondary N) is 2. The molecule has 0 aliphatic heterocycles. The van der Waals surface area contributed by atoms with Crippen molar-refractivity contribution in [2.75, 3.05) is 0 Å². The first kappa shape index (κ1) is 16.2. The lowest BCUT2D eigenvalue weighted by atomic mass is 10.1. The largest absolute Gasteiger partial charge is 0.349 e. The topological polar surface area (TPSA) is 62.0 Å². The van der Waals surface area contributed by atoms with Crippen molar-refractivity contribution in [3.8, 4) is 11.3 Å². The fourth-order valence-corrected chi connectivity index (χ4v) is 3.36. The van der Waals surface area contributed by atoms with Crippen LogP contribution in [0.15, 0.2) is 64.8 Å². The number of amides is 1. The Kier molecular flexibility index (Phi) is 4.91. The zero-order valence-corrected chi connectivity index (χ0v) is 14.1. The van der Waals surface area contributed by atoms with Gasteiger partial charge >= 0.3 is 0 Å². The molecule has 24 heavy (non-hydrogen) atoms. The van der Waals surface area contributed by atoms with Gasteiger partial charge in [-0.3, -0.25) is 9.59 Å². The molecule has 0 aliphatic carbocycles. The van der Waals surface area contributed by atoms with Crippen LogP contribution in [-0.2, 0) is 6.42 Å². The summed E-state index contributed by atoms with van der Waals surface area (Å²) in [6.07, 6.45) is 0.753. The van der Waals surface area contributed by atoms with E-state index in [2.05, 4.69) is 10.3 Å². The van der Waals surface area contributed by atoms with Gasteiger partial charge in [0.25, 0.3) is 11.5 Å². The second-order valence-electron chi connectivity index (χ2n) is 5.64. The van der Waals surface area contributed by atoms with Crippen LogP contribution in [-0.4, -0.2) is 16.9 Å². The van der Waals surface area contributed by atoms with Crippen LogP contribution in [0.25, 0.3) is 11.3 Å². The number of benzene rings is 1. The summed E-state index contributed by atoms with van der Waals surface area (Å²) in [6, 6.07) is 16.9. The van der Waals surface area contributed by atoms with E-state index < -0.39 is 0 Å². The summed E-state index contributed by atoms with van der Waals surface area (Å²) >= 11 is 1.66. The monoisotopic (exact) mass is 338 g/mol. The maximum atomic E-state index is 12.3. The first-order chi connectivity index (χ1) is 11.6. The highest BCUT2D eigenvalue weighted by Gasteiger charge is 2.14. The van der Waals surface area contributed by atoms with Crippen molar-refractivity contribution in [3.63, 3.8) is 0 Å². The van der Waals surface area contributed by atoms with Gasteiger partial charge in [0.2, 0.25) is 0 Å². The van der Waals surface area contributed by atoms with Gasteiger partial charge < -0.3 is 10.3 Å². The predicted molar refractivity (Wildman–Crippen MR) is 97.4 cm³/mol. The number of rotatable bonds is 5. The molecule has 122 valence electrons. The van der Waals surface area contributed by atoms with E-state index in [9.17, 15) is 9.59 Å². The van der Waals surface area contributed by atoms with Gasteiger partial charge in [0.05, 0.1) is 0 Å². The van der Waals surface area contributed by atoms with Crippen molar-refractivity contribution in [1.82, 2.24) is 10.3 Å². The maximum absolute atomic E-state index is 12.3. The van der Waals surface area contributed by atoms with Gasteiger partial charge in [0.15, 0.2) is 0 Å².